The molecule has 0 bridgehead atoms. The van der Waals surface area contributed by atoms with Crippen LogP contribution in [-0.2, 0) is 11.3 Å². The van der Waals surface area contributed by atoms with Crippen LogP contribution in [0.25, 0.3) is 0 Å². The Morgan fingerprint density at radius 1 is 1.47 bits per heavy atom. The fourth-order valence-electron chi connectivity index (χ4n) is 1.43. The lowest BCUT2D eigenvalue weighted by molar-refractivity contribution is 0.0535. The van der Waals surface area contributed by atoms with Crippen molar-refractivity contribution < 1.29 is 9.53 Å². The number of benzene rings is 1. The van der Waals surface area contributed by atoms with Crippen LogP contribution in [0.1, 0.15) is 27.9 Å². The Morgan fingerprint density at radius 3 is 3.13 bits per heavy atom. The third-order valence-corrected chi connectivity index (χ3v) is 2.38. The maximum Gasteiger partial charge on any atom is 0.338 e. The van der Waals surface area contributed by atoms with Crippen LogP contribution in [0, 0.1) is 11.8 Å². The zero-order chi connectivity index (χ0) is 10.7. The fraction of sp³-hybridized carbons (Fsp3) is 0.250. The van der Waals surface area contributed by atoms with E-state index in [0.717, 1.165) is 23.3 Å². The molecule has 0 radical (unpaired) electrons. The van der Waals surface area contributed by atoms with E-state index in [0.29, 0.717) is 12.2 Å². The molecule has 0 spiro atoms. The van der Waals surface area contributed by atoms with E-state index >= 15 is 0 Å². The van der Waals surface area contributed by atoms with Crippen molar-refractivity contribution in [2.24, 2.45) is 0 Å². The first-order valence-corrected chi connectivity index (χ1v) is 5.34. The lowest BCUT2D eigenvalue weighted by atomic mass is 10.1. The fourth-order valence-corrected chi connectivity index (χ4v) is 1.54. The summed E-state index contributed by atoms with van der Waals surface area (Å²) in [5.74, 6) is 6.55. The van der Waals surface area contributed by atoms with Crippen molar-refractivity contribution in [1.82, 2.24) is 0 Å². The Balaban J connectivity index is 2.24. The van der Waals surface area contributed by atoms with Gasteiger partial charge in [0, 0.05) is 23.3 Å². The predicted molar refractivity (Wildman–Crippen MR) is 60.9 cm³/mol. The molecule has 0 saturated heterocycles. The molecule has 2 nitrogen and oxygen atoms in total. The molecule has 1 heterocycles. The summed E-state index contributed by atoms with van der Waals surface area (Å²) in [4.78, 5) is 11.2. The highest BCUT2D eigenvalue weighted by molar-refractivity contribution is 7.80. The molecule has 0 fully saturated rings. The van der Waals surface area contributed by atoms with Gasteiger partial charge < -0.3 is 4.74 Å². The lowest BCUT2D eigenvalue weighted by Gasteiger charge is -1.94. The van der Waals surface area contributed by atoms with Crippen LogP contribution in [0.2, 0.25) is 0 Å². The monoisotopic (exact) mass is 218 g/mol. The Kier molecular flexibility index (Phi) is 2.98. The van der Waals surface area contributed by atoms with Crippen LogP contribution in [0.15, 0.2) is 18.2 Å². The van der Waals surface area contributed by atoms with Crippen LogP contribution in [0.3, 0.4) is 0 Å². The second-order valence-electron chi connectivity index (χ2n) is 3.22. The van der Waals surface area contributed by atoms with Gasteiger partial charge in [-0.1, -0.05) is 11.8 Å². The van der Waals surface area contributed by atoms with Gasteiger partial charge in [0.25, 0.3) is 0 Å². The van der Waals surface area contributed by atoms with Crippen molar-refractivity contribution in [2.75, 3.05) is 5.75 Å². The zero-order valence-corrected chi connectivity index (χ0v) is 9.01. The van der Waals surface area contributed by atoms with Crippen LogP contribution in [0.4, 0.5) is 0 Å². The lowest BCUT2D eigenvalue weighted by Crippen LogP contribution is -1.92. The molecule has 3 heteroatoms. The molecule has 0 saturated carbocycles. The molecule has 0 aromatic heterocycles. The average molecular weight is 218 g/mol. The van der Waals surface area contributed by atoms with Gasteiger partial charge in [-0.2, -0.15) is 12.6 Å². The summed E-state index contributed by atoms with van der Waals surface area (Å²) in [6.07, 6.45) is 0.773. The minimum atomic E-state index is -0.236. The molecule has 0 unspecified atom stereocenters. The van der Waals surface area contributed by atoms with E-state index in [1.54, 1.807) is 6.07 Å². The molecule has 1 aromatic rings. The van der Waals surface area contributed by atoms with Gasteiger partial charge in [0.05, 0.1) is 5.56 Å². The van der Waals surface area contributed by atoms with Crippen LogP contribution in [-0.4, -0.2) is 11.7 Å². The number of carbonyl (C=O) groups excluding carboxylic acids is 1. The van der Waals surface area contributed by atoms with E-state index in [4.69, 9.17) is 4.74 Å². The van der Waals surface area contributed by atoms with E-state index in [1.165, 1.54) is 0 Å². The molecule has 15 heavy (non-hydrogen) atoms. The number of esters is 1. The van der Waals surface area contributed by atoms with E-state index in [2.05, 4.69) is 24.5 Å². The van der Waals surface area contributed by atoms with Crippen molar-refractivity contribution in [3.05, 3.63) is 34.9 Å². The Morgan fingerprint density at radius 2 is 2.33 bits per heavy atom. The van der Waals surface area contributed by atoms with Crippen LogP contribution < -0.4 is 0 Å². The standard InChI is InChI=1S/C12H10O2S/c13-12-11-5-4-9(3-1-2-6-15)7-10(11)8-14-12/h4-5,7,15H,2,6,8H2. The minimum Gasteiger partial charge on any atom is -0.457 e. The normalized spacial score (nSPS) is 12.7. The molecule has 76 valence electrons. The maximum absolute atomic E-state index is 11.2. The highest BCUT2D eigenvalue weighted by Crippen LogP contribution is 2.20. The van der Waals surface area contributed by atoms with Gasteiger partial charge in [0.2, 0.25) is 0 Å². The quantitative estimate of drug-likeness (QED) is 0.443. The first kappa shape index (κ1) is 10.1. The highest BCUT2D eigenvalue weighted by atomic mass is 32.1. The number of rotatable bonds is 1. The van der Waals surface area contributed by atoms with Gasteiger partial charge in [0.15, 0.2) is 0 Å². The molecule has 0 aliphatic carbocycles. The van der Waals surface area contributed by atoms with Crippen LogP contribution in [0.5, 0.6) is 0 Å². The third-order valence-electron chi connectivity index (χ3n) is 2.15. The second kappa shape index (κ2) is 4.41. The summed E-state index contributed by atoms with van der Waals surface area (Å²) in [5.41, 5.74) is 2.52. The van der Waals surface area contributed by atoms with E-state index < -0.39 is 0 Å². The number of fused-ring (bicyclic) bond motifs is 1. The van der Waals surface area contributed by atoms with E-state index in [-0.39, 0.29) is 5.97 Å². The summed E-state index contributed by atoms with van der Waals surface area (Å²) < 4.78 is 4.90. The average Bonchev–Trinajstić information content (AvgIpc) is 2.61. The molecule has 0 amide bonds. The highest BCUT2D eigenvalue weighted by Gasteiger charge is 2.20. The van der Waals surface area contributed by atoms with Gasteiger partial charge in [-0.15, -0.1) is 0 Å². The maximum atomic E-state index is 11.2. The summed E-state index contributed by atoms with van der Waals surface area (Å²) in [6, 6.07) is 5.53. The number of thiol groups is 1. The molecule has 1 aromatic carbocycles. The smallest absolute Gasteiger partial charge is 0.338 e. The molecular formula is C12H10O2S. The molecule has 0 atom stereocenters. The number of ether oxygens (including phenoxy) is 1. The summed E-state index contributed by atoms with van der Waals surface area (Å²) in [7, 11) is 0. The molecular weight excluding hydrogens is 208 g/mol. The van der Waals surface area contributed by atoms with E-state index in [9.17, 15) is 4.79 Å². The van der Waals surface area contributed by atoms with Gasteiger partial charge in [-0.05, 0) is 18.2 Å². The van der Waals surface area contributed by atoms with Crippen molar-refractivity contribution in [3.63, 3.8) is 0 Å². The first-order chi connectivity index (χ1) is 7.31. The van der Waals surface area contributed by atoms with Crippen molar-refractivity contribution in [1.29, 1.82) is 0 Å². The van der Waals surface area contributed by atoms with Crippen molar-refractivity contribution in [2.45, 2.75) is 13.0 Å². The summed E-state index contributed by atoms with van der Waals surface area (Å²) in [6.45, 7) is 0.371. The van der Waals surface area contributed by atoms with Gasteiger partial charge >= 0.3 is 5.97 Å². The van der Waals surface area contributed by atoms with Crippen LogP contribution >= 0.6 is 12.6 Å². The Labute approximate surface area is 94.0 Å². The minimum absolute atomic E-state index is 0.236. The van der Waals surface area contributed by atoms with Gasteiger partial charge in [-0.3, -0.25) is 0 Å². The molecule has 1 aliphatic rings. The molecule has 2 rings (SSSR count). The van der Waals surface area contributed by atoms with Gasteiger partial charge in [0.1, 0.15) is 6.61 Å². The SMILES string of the molecule is O=C1OCc2cc(C#CCCS)ccc21. The molecule has 0 N–H and O–H groups in total. The number of carbonyl (C=O) groups is 1. The third kappa shape index (κ3) is 2.16. The molecule has 1 aliphatic heterocycles. The Hall–Kier alpha value is -1.40. The second-order valence-corrected chi connectivity index (χ2v) is 3.67. The topological polar surface area (TPSA) is 26.3 Å². The summed E-state index contributed by atoms with van der Waals surface area (Å²) in [5, 5.41) is 0. The zero-order valence-electron chi connectivity index (χ0n) is 8.12. The number of hydrogen-bond donors (Lipinski definition) is 1. The largest absolute Gasteiger partial charge is 0.457 e. The first-order valence-electron chi connectivity index (χ1n) is 4.71. The van der Waals surface area contributed by atoms with Gasteiger partial charge in [-0.25, -0.2) is 4.79 Å². The Bertz CT molecular complexity index is 454. The number of cyclic esters (lactones) is 1. The van der Waals surface area contributed by atoms with Crippen molar-refractivity contribution in [3.8, 4) is 11.8 Å². The van der Waals surface area contributed by atoms with E-state index in [1.807, 2.05) is 12.1 Å². The number of hydrogen-bond acceptors (Lipinski definition) is 3. The van der Waals surface area contributed by atoms with Crippen molar-refractivity contribution >= 4 is 18.6 Å². The predicted octanol–water partition coefficient (Wildman–Crippen LogP) is 2.03. The summed E-state index contributed by atoms with van der Waals surface area (Å²) >= 11 is 4.08.